The molecule has 0 spiro atoms. The largest absolute Gasteiger partial charge is 0.415 e. The minimum absolute atomic E-state index is 0.00153. The van der Waals surface area contributed by atoms with E-state index < -0.39 is 23.1 Å². The minimum Gasteiger partial charge on any atom is -0.415 e. The maximum atomic E-state index is 12.7. The van der Waals surface area contributed by atoms with Gasteiger partial charge < -0.3 is 4.43 Å². The van der Waals surface area contributed by atoms with Gasteiger partial charge in [-0.2, -0.15) is 4.31 Å². The van der Waals surface area contributed by atoms with Gasteiger partial charge in [-0.25, -0.2) is 8.42 Å². The van der Waals surface area contributed by atoms with E-state index in [-0.39, 0.29) is 17.1 Å². The molecular formula is C16H35NO3SSi. The van der Waals surface area contributed by atoms with Gasteiger partial charge in [0.15, 0.2) is 8.32 Å². The third-order valence-electron chi connectivity index (χ3n) is 5.08. The number of hydrogen-bond donors (Lipinski definition) is 0. The first-order valence-electron chi connectivity index (χ1n) is 8.21. The second kappa shape index (κ2) is 5.87. The molecule has 0 aromatic rings. The maximum absolute atomic E-state index is 12.7. The SMILES string of the molecule is CC(C)[C@H]1[C@H](CO[Si](C)(C)C(C)(C)C)N1S(=O)(=O)C(C)(C)C. The van der Waals surface area contributed by atoms with Gasteiger partial charge in [0.05, 0.1) is 17.4 Å². The van der Waals surface area contributed by atoms with Gasteiger partial charge in [0, 0.05) is 6.04 Å². The summed E-state index contributed by atoms with van der Waals surface area (Å²) in [6.45, 7) is 21.0. The van der Waals surface area contributed by atoms with Crippen molar-refractivity contribution in [2.75, 3.05) is 6.61 Å². The summed E-state index contributed by atoms with van der Waals surface area (Å²) in [6.07, 6.45) is 0. The number of nitrogens with zero attached hydrogens (tertiary/aromatic N) is 1. The quantitative estimate of drug-likeness (QED) is 0.559. The van der Waals surface area contributed by atoms with E-state index in [1.807, 2.05) is 0 Å². The van der Waals surface area contributed by atoms with Crippen molar-refractivity contribution in [3.63, 3.8) is 0 Å². The molecule has 6 heteroatoms. The molecule has 0 aliphatic carbocycles. The molecule has 0 bridgehead atoms. The van der Waals surface area contributed by atoms with E-state index in [9.17, 15) is 8.42 Å². The molecule has 22 heavy (non-hydrogen) atoms. The van der Waals surface area contributed by atoms with Crippen molar-refractivity contribution in [1.29, 1.82) is 0 Å². The topological polar surface area (TPSA) is 46.4 Å². The third-order valence-corrected chi connectivity index (χ3v) is 12.2. The Kier molecular flexibility index (Phi) is 5.37. The Bertz CT molecular complexity index is 500. The lowest BCUT2D eigenvalue weighted by Crippen LogP contribution is -2.42. The highest BCUT2D eigenvalue weighted by Gasteiger charge is 2.59. The van der Waals surface area contributed by atoms with E-state index in [1.165, 1.54) is 0 Å². The standard InChI is InChI=1S/C16H35NO3SSi/c1-12(2)14-13(11-20-22(9,10)16(6,7)8)17(14)21(18,19)15(3,4)5/h12-14H,11H2,1-10H3/t13-,14-,17?/m0/s1. The summed E-state index contributed by atoms with van der Waals surface area (Å²) in [5.74, 6) is 0.310. The lowest BCUT2D eigenvalue weighted by atomic mass is 10.1. The molecule has 132 valence electrons. The summed E-state index contributed by atoms with van der Waals surface area (Å²) in [7, 11) is -5.13. The van der Waals surface area contributed by atoms with Gasteiger partial charge in [0.2, 0.25) is 10.0 Å². The second-order valence-electron chi connectivity index (χ2n) is 9.32. The van der Waals surface area contributed by atoms with Crippen molar-refractivity contribution in [3.05, 3.63) is 0 Å². The average molecular weight is 350 g/mol. The smallest absolute Gasteiger partial charge is 0.219 e. The third kappa shape index (κ3) is 3.76. The van der Waals surface area contributed by atoms with Crippen LogP contribution >= 0.6 is 0 Å². The maximum Gasteiger partial charge on any atom is 0.219 e. The summed E-state index contributed by atoms with van der Waals surface area (Å²) >= 11 is 0. The molecule has 3 atom stereocenters. The van der Waals surface area contributed by atoms with E-state index in [0.29, 0.717) is 12.5 Å². The zero-order valence-corrected chi connectivity index (χ0v) is 17.8. The Labute approximate surface area is 138 Å². The Morgan fingerprint density at radius 2 is 1.55 bits per heavy atom. The predicted octanol–water partition coefficient (Wildman–Crippen LogP) is 3.85. The van der Waals surface area contributed by atoms with Crippen molar-refractivity contribution in [2.24, 2.45) is 5.92 Å². The average Bonchev–Trinajstić information content (AvgIpc) is 2.98. The summed E-state index contributed by atoms with van der Waals surface area (Å²) in [6, 6.07) is 0.0762. The van der Waals surface area contributed by atoms with Gasteiger partial charge in [0.25, 0.3) is 0 Å². The van der Waals surface area contributed by atoms with Crippen molar-refractivity contribution < 1.29 is 12.8 Å². The predicted molar refractivity (Wildman–Crippen MR) is 96.1 cm³/mol. The van der Waals surface area contributed by atoms with Crippen LogP contribution in [0.1, 0.15) is 55.4 Å². The molecule has 0 amide bonds. The second-order valence-corrected chi connectivity index (χ2v) is 16.7. The monoisotopic (exact) mass is 349 g/mol. The van der Waals surface area contributed by atoms with Crippen molar-refractivity contribution in [3.8, 4) is 0 Å². The first-order chi connectivity index (χ1) is 9.54. The van der Waals surface area contributed by atoms with Crippen LogP contribution in [0.15, 0.2) is 0 Å². The molecule has 4 nitrogen and oxygen atoms in total. The lowest BCUT2D eigenvalue weighted by molar-refractivity contribution is 0.279. The molecule has 1 heterocycles. The zero-order valence-electron chi connectivity index (χ0n) is 16.0. The summed E-state index contributed by atoms with van der Waals surface area (Å²) in [5.41, 5.74) is 0. The van der Waals surface area contributed by atoms with Crippen LogP contribution in [-0.2, 0) is 14.4 Å². The van der Waals surface area contributed by atoms with Crippen LogP contribution in [0.3, 0.4) is 0 Å². The summed E-state index contributed by atoms with van der Waals surface area (Å²) in [4.78, 5) is 0. The van der Waals surface area contributed by atoms with E-state index in [4.69, 9.17) is 4.43 Å². The van der Waals surface area contributed by atoms with Gasteiger partial charge in [-0.05, 0) is 44.8 Å². The molecule has 0 N–H and O–H groups in total. The fraction of sp³-hybridized carbons (Fsp3) is 1.00. The van der Waals surface area contributed by atoms with Crippen LogP contribution in [0, 0.1) is 5.92 Å². The number of rotatable bonds is 5. The fourth-order valence-electron chi connectivity index (χ4n) is 2.35. The zero-order chi connectivity index (χ0) is 17.7. The first-order valence-corrected chi connectivity index (χ1v) is 12.6. The van der Waals surface area contributed by atoms with Crippen molar-refractivity contribution >= 4 is 18.3 Å². The molecule has 1 aliphatic heterocycles. The Balaban J connectivity index is 2.88. The van der Waals surface area contributed by atoms with Crippen LogP contribution < -0.4 is 0 Å². The van der Waals surface area contributed by atoms with Crippen LogP contribution in [0.4, 0.5) is 0 Å². The summed E-state index contributed by atoms with van der Waals surface area (Å²) < 4.78 is 32.7. The fourth-order valence-corrected chi connectivity index (χ4v) is 5.20. The molecule has 0 saturated carbocycles. The molecule has 1 unspecified atom stereocenters. The highest BCUT2D eigenvalue weighted by molar-refractivity contribution is 7.90. The molecular weight excluding hydrogens is 314 g/mol. The number of sulfonamides is 1. The number of hydrogen-bond acceptors (Lipinski definition) is 3. The van der Waals surface area contributed by atoms with E-state index >= 15 is 0 Å². The van der Waals surface area contributed by atoms with Gasteiger partial charge in [-0.1, -0.05) is 34.6 Å². The molecule has 1 saturated heterocycles. The Morgan fingerprint density at radius 1 is 1.09 bits per heavy atom. The summed E-state index contributed by atoms with van der Waals surface area (Å²) in [5, 5.41) is 0.142. The lowest BCUT2D eigenvalue weighted by Gasteiger charge is -2.36. The van der Waals surface area contributed by atoms with Gasteiger partial charge >= 0.3 is 0 Å². The highest BCUT2D eigenvalue weighted by atomic mass is 32.2. The van der Waals surface area contributed by atoms with Crippen molar-refractivity contribution in [2.45, 2.75) is 90.4 Å². The van der Waals surface area contributed by atoms with Gasteiger partial charge in [0.1, 0.15) is 0 Å². The Morgan fingerprint density at radius 3 is 1.86 bits per heavy atom. The molecule has 1 fully saturated rings. The molecule has 0 aromatic carbocycles. The van der Waals surface area contributed by atoms with E-state index in [1.54, 1.807) is 25.1 Å². The van der Waals surface area contributed by atoms with Crippen LogP contribution in [-0.4, -0.2) is 44.5 Å². The van der Waals surface area contributed by atoms with Gasteiger partial charge in [-0.3, -0.25) is 0 Å². The van der Waals surface area contributed by atoms with Gasteiger partial charge in [-0.15, -0.1) is 0 Å². The Hall–Kier alpha value is 0.0869. The van der Waals surface area contributed by atoms with E-state index in [0.717, 1.165) is 0 Å². The molecule has 1 rings (SSSR count). The highest BCUT2D eigenvalue weighted by Crippen LogP contribution is 2.43. The first kappa shape index (κ1) is 20.1. The van der Waals surface area contributed by atoms with Crippen LogP contribution in [0.25, 0.3) is 0 Å². The molecule has 1 aliphatic rings. The van der Waals surface area contributed by atoms with Crippen molar-refractivity contribution in [1.82, 2.24) is 4.31 Å². The normalized spacial score (nSPS) is 27.3. The molecule has 0 radical (unpaired) electrons. The minimum atomic E-state index is -3.28. The van der Waals surface area contributed by atoms with Crippen LogP contribution in [0.5, 0.6) is 0 Å². The van der Waals surface area contributed by atoms with E-state index in [2.05, 4.69) is 47.7 Å². The molecule has 0 aromatic heterocycles. The van der Waals surface area contributed by atoms with Crippen LogP contribution in [0.2, 0.25) is 18.1 Å².